The molecule has 96 valence electrons. The maximum atomic E-state index is 11.6. The van der Waals surface area contributed by atoms with Gasteiger partial charge in [0.15, 0.2) is 5.75 Å². The minimum Gasteiger partial charge on any atom is -0.490 e. The van der Waals surface area contributed by atoms with E-state index in [1.807, 2.05) is 0 Å². The minimum absolute atomic E-state index is 0.299. The molecule has 0 unspecified atom stereocenters. The number of hydrogen-bond acceptors (Lipinski definition) is 5. The number of rotatable bonds is 0. The fraction of sp³-hybridized carbons (Fsp3) is 0.500. The highest BCUT2D eigenvalue weighted by Gasteiger charge is 2.21. The van der Waals surface area contributed by atoms with E-state index in [0.717, 1.165) is 25.7 Å². The van der Waals surface area contributed by atoms with Crippen LogP contribution in [0.4, 0.5) is 0 Å². The van der Waals surface area contributed by atoms with Crippen LogP contribution in [0.3, 0.4) is 0 Å². The first kappa shape index (κ1) is 11.1. The third-order valence-electron chi connectivity index (χ3n) is 3.01. The second-order valence-corrected chi connectivity index (χ2v) is 4.30. The molecule has 6 heteroatoms. The van der Waals surface area contributed by atoms with E-state index in [9.17, 15) is 5.21 Å². The van der Waals surface area contributed by atoms with Gasteiger partial charge in [0.1, 0.15) is 0 Å². The van der Waals surface area contributed by atoms with Gasteiger partial charge in [0.25, 0.3) is 11.0 Å². The summed E-state index contributed by atoms with van der Waals surface area (Å²) in [5.74, 6) is 1.02. The Morgan fingerprint density at radius 3 is 2.67 bits per heavy atom. The van der Waals surface area contributed by atoms with Gasteiger partial charge in [-0.2, -0.15) is 0 Å². The number of hydrogen-bond donors (Lipinski definition) is 0. The normalized spacial score (nSPS) is 16.7. The Morgan fingerprint density at radius 1 is 1.06 bits per heavy atom. The molecule has 0 spiro atoms. The lowest BCUT2D eigenvalue weighted by atomic mass is 10.2. The fourth-order valence-electron chi connectivity index (χ4n) is 2.08. The number of benzene rings is 1. The van der Waals surface area contributed by atoms with Crippen LogP contribution in [0.25, 0.3) is 11.0 Å². The van der Waals surface area contributed by atoms with Crippen LogP contribution in [-0.4, -0.2) is 18.4 Å². The van der Waals surface area contributed by atoms with Gasteiger partial charge in [-0.05, 0) is 36.7 Å². The van der Waals surface area contributed by atoms with Crippen LogP contribution in [-0.2, 0) is 0 Å². The van der Waals surface area contributed by atoms with Gasteiger partial charge in [0.05, 0.1) is 13.2 Å². The Bertz CT molecular complexity index is 552. The summed E-state index contributed by atoms with van der Waals surface area (Å²) >= 11 is 0. The van der Waals surface area contributed by atoms with Crippen molar-refractivity contribution in [1.29, 1.82) is 0 Å². The van der Waals surface area contributed by atoms with Gasteiger partial charge in [-0.1, -0.05) is 0 Å². The second-order valence-electron chi connectivity index (χ2n) is 4.30. The molecule has 18 heavy (non-hydrogen) atoms. The third kappa shape index (κ3) is 1.94. The molecule has 1 aliphatic rings. The highest BCUT2D eigenvalue weighted by molar-refractivity contribution is 5.80. The van der Waals surface area contributed by atoms with Crippen molar-refractivity contribution in [2.45, 2.75) is 25.7 Å². The van der Waals surface area contributed by atoms with Crippen molar-refractivity contribution >= 4 is 11.0 Å². The van der Waals surface area contributed by atoms with Gasteiger partial charge < -0.3 is 14.7 Å². The average Bonchev–Trinajstić information content (AvgIpc) is 2.77. The number of nitrogens with zero attached hydrogens (tertiary/aromatic N) is 2. The predicted molar refractivity (Wildman–Crippen MR) is 62.4 cm³/mol. The van der Waals surface area contributed by atoms with Crippen molar-refractivity contribution in [2.75, 3.05) is 13.2 Å². The van der Waals surface area contributed by atoms with E-state index in [1.54, 1.807) is 12.1 Å². The molecule has 2 heterocycles. The van der Waals surface area contributed by atoms with Gasteiger partial charge in [-0.3, -0.25) is 4.63 Å². The largest absolute Gasteiger partial charge is 0.490 e. The molecular formula is C12H14N2O4. The van der Waals surface area contributed by atoms with Crippen LogP contribution >= 0.6 is 0 Å². The smallest absolute Gasteiger partial charge is 0.271 e. The maximum Gasteiger partial charge on any atom is 0.271 e. The first-order valence-electron chi connectivity index (χ1n) is 6.14. The average molecular weight is 250 g/mol. The Kier molecular flexibility index (Phi) is 2.92. The van der Waals surface area contributed by atoms with E-state index >= 15 is 0 Å². The van der Waals surface area contributed by atoms with E-state index < -0.39 is 0 Å². The van der Waals surface area contributed by atoms with Crippen molar-refractivity contribution in [3.05, 3.63) is 17.3 Å². The first-order chi connectivity index (χ1) is 8.86. The van der Waals surface area contributed by atoms with Gasteiger partial charge >= 0.3 is 0 Å². The second kappa shape index (κ2) is 4.72. The topological polar surface area (TPSA) is 71.4 Å². The number of ether oxygens (including phenoxy) is 2. The van der Waals surface area contributed by atoms with E-state index in [2.05, 4.69) is 9.79 Å². The zero-order valence-corrected chi connectivity index (χ0v) is 9.92. The van der Waals surface area contributed by atoms with Crippen molar-refractivity contribution in [1.82, 2.24) is 5.16 Å². The van der Waals surface area contributed by atoms with Crippen LogP contribution in [0.15, 0.2) is 16.8 Å². The summed E-state index contributed by atoms with van der Waals surface area (Å²) in [7, 11) is 0. The zero-order valence-electron chi connectivity index (χ0n) is 9.92. The summed E-state index contributed by atoms with van der Waals surface area (Å²) < 4.78 is 15.9. The molecule has 0 fully saturated rings. The monoisotopic (exact) mass is 250 g/mol. The summed E-state index contributed by atoms with van der Waals surface area (Å²) in [5.41, 5.74) is 0.775. The molecule has 0 radical (unpaired) electrons. The van der Waals surface area contributed by atoms with Crippen LogP contribution in [0.2, 0.25) is 0 Å². The molecule has 0 amide bonds. The maximum absolute atomic E-state index is 11.6. The molecule has 0 atom stereocenters. The standard InChI is InChI=1S/C12H14N2O4/c15-14-11-9(13-18-14)5-6-10-12(11)17-8-4-2-1-3-7-16-10/h5-6H,1-4,7-8H2. The summed E-state index contributed by atoms with van der Waals surface area (Å²) in [6.07, 6.45) is 4.23. The molecule has 3 rings (SSSR count). The Balaban J connectivity index is 2.06. The van der Waals surface area contributed by atoms with Crippen molar-refractivity contribution in [2.24, 2.45) is 0 Å². The van der Waals surface area contributed by atoms with Gasteiger partial charge in [0, 0.05) is 11.2 Å². The predicted octanol–water partition coefficient (Wildman–Crippen LogP) is 1.79. The minimum atomic E-state index is 0.299. The van der Waals surface area contributed by atoms with Gasteiger partial charge in [0.2, 0.25) is 5.75 Å². The quantitative estimate of drug-likeness (QED) is 0.666. The molecule has 0 saturated carbocycles. The Hall–Kier alpha value is -1.98. The third-order valence-corrected chi connectivity index (χ3v) is 3.01. The van der Waals surface area contributed by atoms with Crippen molar-refractivity contribution < 1.29 is 19.0 Å². The van der Waals surface area contributed by atoms with E-state index in [0.29, 0.717) is 40.6 Å². The van der Waals surface area contributed by atoms with Crippen molar-refractivity contribution in [3.63, 3.8) is 0 Å². The van der Waals surface area contributed by atoms with E-state index in [-0.39, 0.29) is 0 Å². The van der Waals surface area contributed by atoms with Crippen LogP contribution in [0.5, 0.6) is 11.5 Å². The van der Waals surface area contributed by atoms with E-state index in [1.165, 1.54) is 0 Å². The van der Waals surface area contributed by atoms with Crippen LogP contribution < -0.4 is 14.4 Å². The fourth-order valence-corrected chi connectivity index (χ4v) is 2.08. The van der Waals surface area contributed by atoms with Gasteiger partial charge in [-0.15, -0.1) is 0 Å². The highest BCUT2D eigenvalue weighted by Crippen LogP contribution is 2.34. The summed E-state index contributed by atoms with van der Waals surface area (Å²) in [5, 5.41) is 15.2. The molecule has 0 bridgehead atoms. The lowest BCUT2D eigenvalue weighted by Crippen LogP contribution is -2.23. The summed E-state index contributed by atoms with van der Waals surface area (Å²) in [6.45, 7) is 1.20. The lowest BCUT2D eigenvalue weighted by molar-refractivity contribution is -0.782. The lowest BCUT2D eigenvalue weighted by Gasteiger charge is -2.14. The molecule has 2 aromatic rings. The van der Waals surface area contributed by atoms with Crippen LogP contribution in [0, 0.1) is 5.21 Å². The van der Waals surface area contributed by atoms with E-state index in [4.69, 9.17) is 9.47 Å². The molecule has 6 nitrogen and oxygen atoms in total. The SMILES string of the molecule is [O-][n+]1onc2ccc3c(c21)OCCCCCCO3. The Labute approximate surface area is 104 Å². The molecule has 1 aromatic carbocycles. The molecule has 1 aromatic heterocycles. The molecule has 1 aliphatic heterocycles. The molecule has 0 N–H and O–H groups in total. The zero-order chi connectivity index (χ0) is 12.4. The molecule has 0 saturated heterocycles. The number of fused-ring (bicyclic) bond motifs is 3. The first-order valence-corrected chi connectivity index (χ1v) is 6.14. The molecule has 0 aliphatic carbocycles. The van der Waals surface area contributed by atoms with Gasteiger partial charge in [-0.25, -0.2) is 0 Å². The highest BCUT2D eigenvalue weighted by atomic mass is 16.8. The Morgan fingerprint density at radius 2 is 1.83 bits per heavy atom. The number of aromatic nitrogens is 2. The summed E-state index contributed by atoms with van der Waals surface area (Å²) in [6, 6.07) is 3.46. The van der Waals surface area contributed by atoms with Crippen LogP contribution in [0.1, 0.15) is 25.7 Å². The summed E-state index contributed by atoms with van der Waals surface area (Å²) in [4.78, 5) is 0.364. The molecular weight excluding hydrogens is 236 g/mol. The van der Waals surface area contributed by atoms with Crippen molar-refractivity contribution in [3.8, 4) is 11.5 Å².